The second kappa shape index (κ2) is 8.17. The van der Waals surface area contributed by atoms with Gasteiger partial charge in [0.2, 0.25) is 12.0 Å². The molecular weight excluding hydrogens is 412 g/mol. The van der Waals surface area contributed by atoms with Crippen LogP contribution in [0.2, 0.25) is 0 Å². The zero-order valence-corrected chi connectivity index (χ0v) is 16.0. The van der Waals surface area contributed by atoms with E-state index in [2.05, 4.69) is 0 Å². The predicted octanol–water partition coefficient (Wildman–Crippen LogP) is 0.0499. The summed E-state index contributed by atoms with van der Waals surface area (Å²) >= 11 is 0. The molecule has 164 valence electrons. The Morgan fingerprint density at radius 1 is 0.935 bits per heavy atom. The van der Waals surface area contributed by atoms with Gasteiger partial charge in [0.1, 0.15) is 41.3 Å². The van der Waals surface area contributed by atoms with E-state index < -0.39 is 60.0 Å². The lowest BCUT2D eigenvalue weighted by atomic mass is 9.99. The number of aliphatic hydroxyl groups is 4. The van der Waals surface area contributed by atoms with Crippen LogP contribution in [0.25, 0.3) is 22.3 Å². The van der Waals surface area contributed by atoms with E-state index in [4.69, 9.17) is 13.9 Å². The van der Waals surface area contributed by atoms with Crippen molar-refractivity contribution >= 4 is 11.0 Å². The summed E-state index contributed by atoms with van der Waals surface area (Å²) in [7, 11) is 0. The maximum Gasteiger partial charge on any atom is 0.229 e. The fraction of sp³-hybridized carbons (Fsp3) is 0.286. The molecule has 1 fully saturated rings. The Bertz CT molecular complexity index is 1140. The first-order valence-corrected chi connectivity index (χ1v) is 9.37. The SMILES string of the molecule is O=c1cc(-c2ccccc2)oc2c(O[C@@H]3O[C@H](CO)[C@@H](O)[C@H](O)[C@H]3O)c(O)cc(O)c12. The van der Waals surface area contributed by atoms with Crippen LogP contribution >= 0.6 is 0 Å². The third-order valence-corrected chi connectivity index (χ3v) is 5.06. The molecule has 10 heteroatoms. The Morgan fingerprint density at radius 2 is 1.65 bits per heavy atom. The first-order valence-electron chi connectivity index (χ1n) is 9.37. The molecule has 2 aromatic carbocycles. The highest BCUT2D eigenvalue weighted by Crippen LogP contribution is 2.41. The Hall–Kier alpha value is -3.15. The van der Waals surface area contributed by atoms with Gasteiger partial charge in [-0.2, -0.15) is 0 Å². The summed E-state index contributed by atoms with van der Waals surface area (Å²) in [5.74, 6) is -1.49. The van der Waals surface area contributed by atoms with Gasteiger partial charge < -0.3 is 44.5 Å². The van der Waals surface area contributed by atoms with Gasteiger partial charge in [-0.3, -0.25) is 4.79 Å². The minimum Gasteiger partial charge on any atom is -0.507 e. The summed E-state index contributed by atoms with van der Waals surface area (Å²) in [6.45, 7) is -0.680. The molecule has 1 saturated heterocycles. The van der Waals surface area contributed by atoms with Gasteiger partial charge in [0.25, 0.3) is 0 Å². The summed E-state index contributed by atoms with van der Waals surface area (Å²) in [5.41, 5.74) is -0.389. The number of hydrogen-bond donors (Lipinski definition) is 6. The number of benzene rings is 2. The van der Waals surface area contributed by atoms with E-state index in [1.165, 1.54) is 6.07 Å². The Balaban J connectivity index is 1.84. The minimum absolute atomic E-state index is 0.127. The van der Waals surface area contributed by atoms with Crippen LogP contribution in [0, 0.1) is 0 Å². The molecular formula is C21H20O10. The molecule has 1 aliphatic heterocycles. The quantitative estimate of drug-likeness (QED) is 0.331. The summed E-state index contributed by atoms with van der Waals surface area (Å²) in [6.07, 6.45) is -7.97. The standard InChI is InChI=1S/C21H20O10/c22-8-14-16(26)17(27)18(28)21(30-14)31-19-12(25)6-10(23)15-11(24)7-13(29-20(15)19)9-4-2-1-3-5-9/h1-7,14,16-18,21-23,25-28H,8H2/t14-,16-,17+,18-,21+/m1/s1. The third-order valence-electron chi connectivity index (χ3n) is 5.06. The lowest BCUT2D eigenvalue weighted by Crippen LogP contribution is -2.60. The lowest BCUT2D eigenvalue weighted by molar-refractivity contribution is -0.277. The molecule has 0 aliphatic carbocycles. The smallest absolute Gasteiger partial charge is 0.229 e. The van der Waals surface area contributed by atoms with E-state index in [1.54, 1.807) is 30.3 Å². The molecule has 6 N–H and O–H groups in total. The maximum atomic E-state index is 12.7. The first-order chi connectivity index (χ1) is 14.8. The number of fused-ring (bicyclic) bond motifs is 1. The van der Waals surface area contributed by atoms with E-state index in [1.807, 2.05) is 0 Å². The van der Waals surface area contributed by atoms with Crippen molar-refractivity contribution in [3.63, 3.8) is 0 Å². The molecule has 0 radical (unpaired) electrons. The van der Waals surface area contributed by atoms with Crippen LogP contribution in [0.3, 0.4) is 0 Å². The largest absolute Gasteiger partial charge is 0.507 e. The van der Waals surface area contributed by atoms with Gasteiger partial charge in [-0.15, -0.1) is 0 Å². The van der Waals surface area contributed by atoms with Crippen LogP contribution in [0.1, 0.15) is 0 Å². The molecule has 3 aromatic rings. The van der Waals surface area contributed by atoms with Gasteiger partial charge in [-0.05, 0) is 0 Å². The summed E-state index contributed by atoms with van der Waals surface area (Å²) in [5, 5.41) is 59.7. The average Bonchev–Trinajstić information content (AvgIpc) is 2.76. The van der Waals surface area contributed by atoms with Crippen molar-refractivity contribution in [3.05, 3.63) is 52.7 Å². The van der Waals surface area contributed by atoms with Crippen LogP contribution in [0.15, 0.2) is 51.7 Å². The van der Waals surface area contributed by atoms with Crippen LogP contribution < -0.4 is 10.2 Å². The first kappa shape index (κ1) is 21.1. The van der Waals surface area contributed by atoms with Crippen LogP contribution in [0.4, 0.5) is 0 Å². The van der Waals surface area contributed by atoms with Crippen LogP contribution in [-0.4, -0.2) is 68.0 Å². The van der Waals surface area contributed by atoms with Gasteiger partial charge in [0.15, 0.2) is 16.8 Å². The number of rotatable bonds is 4. The second-order valence-electron chi connectivity index (χ2n) is 7.10. The highest BCUT2D eigenvalue weighted by Gasteiger charge is 2.45. The number of ether oxygens (including phenoxy) is 2. The molecule has 2 heterocycles. The van der Waals surface area contributed by atoms with Crippen molar-refractivity contribution in [1.29, 1.82) is 0 Å². The molecule has 0 bridgehead atoms. The molecule has 0 amide bonds. The number of aromatic hydroxyl groups is 2. The van der Waals surface area contributed by atoms with E-state index in [-0.39, 0.29) is 16.7 Å². The predicted molar refractivity (Wildman–Crippen MR) is 106 cm³/mol. The van der Waals surface area contributed by atoms with Crippen molar-refractivity contribution in [2.75, 3.05) is 6.61 Å². The number of aliphatic hydroxyl groups excluding tert-OH is 4. The van der Waals surface area contributed by atoms with E-state index in [0.717, 1.165) is 6.07 Å². The van der Waals surface area contributed by atoms with Gasteiger partial charge in [0, 0.05) is 17.7 Å². The summed E-state index contributed by atoms with van der Waals surface area (Å²) < 4.78 is 16.6. The highest BCUT2D eigenvalue weighted by atomic mass is 16.7. The van der Waals surface area contributed by atoms with Crippen LogP contribution in [0.5, 0.6) is 17.2 Å². The molecule has 0 unspecified atom stereocenters. The van der Waals surface area contributed by atoms with Gasteiger partial charge in [0.05, 0.1) is 6.61 Å². The fourth-order valence-corrected chi connectivity index (χ4v) is 3.42. The molecule has 0 spiro atoms. The lowest BCUT2D eigenvalue weighted by Gasteiger charge is -2.39. The Morgan fingerprint density at radius 3 is 2.32 bits per heavy atom. The minimum atomic E-state index is -1.76. The normalized spacial score (nSPS) is 26.1. The van der Waals surface area contributed by atoms with Gasteiger partial charge in [-0.25, -0.2) is 0 Å². The summed E-state index contributed by atoms with van der Waals surface area (Å²) in [6, 6.07) is 10.6. The Labute approximate surface area is 174 Å². The molecule has 5 atom stereocenters. The molecule has 0 saturated carbocycles. The average molecular weight is 432 g/mol. The van der Waals surface area contributed by atoms with Crippen LogP contribution in [-0.2, 0) is 4.74 Å². The van der Waals surface area contributed by atoms with Gasteiger partial charge in [-0.1, -0.05) is 30.3 Å². The van der Waals surface area contributed by atoms with Crippen molar-refractivity contribution in [2.24, 2.45) is 0 Å². The monoisotopic (exact) mass is 432 g/mol. The zero-order chi connectivity index (χ0) is 22.3. The second-order valence-corrected chi connectivity index (χ2v) is 7.10. The third kappa shape index (κ3) is 3.71. The zero-order valence-electron chi connectivity index (χ0n) is 16.0. The van der Waals surface area contributed by atoms with Crippen molar-refractivity contribution < 1.29 is 44.5 Å². The summed E-state index contributed by atoms with van der Waals surface area (Å²) in [4.78, 5) is 12.7. The molecule has 31 heavy (non-hydrogen) atoms. The molecule has 10 nitrogen and oxygen atoms in total. The maximum absolute atomic E-state index is 12.7. The van der Waals surface area contributed by atoms with Gasteiger partial charge >= 0.3 is 0 Å². The molecule has 4 rings (SSSR count). The van der Waals surface area contributed by atoms with E-state index in [0.29, 0.717) is 5.56 Å². The highest BCUT2D eigenvalue weighted by molar-refractivity contribution is 5.91. The molecule has 1 aromatic heterocycles. The van der Waals surface area contributed by atoms with Crippen molar-refractivity contribution in [2.45, 2.75) is 30.7 Å². The number of phenols is 2. The van der Waals surface area contributed by atoms with E-state index >= 15 is 0 Å². The number of hydrogen-bond acceptors (Lipinski definition) is 10. The topological polar surface area (TPSA) is 170 Å². The number of phenolic OH excluding ortho intramolecular Hbond substituents is 2. The van der Waals surface area contributed by atoms with E-state index in [9.17, 15) is 35.4 Å². The van der Waals surface area contributed by atoms with Crippen molar-refractivity contribution in [3.8, 4) is 28.6 Å². The van der Waals surface area contributed by atoms with Crippen molar-refractivity contribution in [1.82, 2.24) is 0 Å². The Kier molecular flexibility index (Phi) is 5.56. The fourth-order valence-electron chi connectivity index (χ4n) is 3.42. The molecule has 1 aliphatic rings.